The molecule has 0 fully saturated rings. The van der Waals surface area contributed by atoms with Crippen molar-refractivity contribution in [2.24, 2.45) is 0 Å². The normalized spacial score (nSPS) is 12.6. The summed E-state index contributed by atoms with van der Waals surface area (Å²) in [7, 11) is 1.86. The maximum Gasteiger partial charge on any atom is 0.123 e. The van der Waals surface area contributed by atoms with Gasteiger partial charge in [-0.15, -0.1) is 5.10 Å². The first-order valence-electron chi connectivity index (χ1n) is 5.09. The van der Waals surface area contributed by atoms with Crippen molar-refractivity contribution in [3.05, 3.63) is 45.1 Å². The largest absolute Gasteiger partial charge is 0.311 e. The monoisotopic (exact) mass is 315 g/mol. The molecule has 17 heavy (non-hydrogen) atoms. The number of rotatable bonds is 4. The summed E-state index contributed by atoms with van der Waals surface area (Å²) in [6, 6.07) is 4.74. The standard InChI is InChI=1S/C11H11BrFN3S/c1-14-10(11-6-17-16-15-11)5-7-4-8(13)2-3-9(7)12/h2-4,6,10,14H,5H2,1H3. The summed E-state index contributed by atoms with van der Waals surface area (Å²) in [6.45, 7) is 0. The van der Waals surface area contributed by atoms with Crippen LogP contribution >= 0.6 is 27.5 Å². The molecule has 0 amide bonds. The highest BCUT2D eigenvalue weighted by Crippen LogP contribution is 2.24. The minimum Gasteiger partial charge on any atom is -0.311 e. The highest BCUT2D eigenvalue weighted by molar-refractivity contribution is 9.10. The molecule has 1 N–H and O–H groups in total. The number of nitrogens with one attached hydrogen (secondary N) is 1. The number of aromatic nitrogens is 2. The van der Waals surface area contributed by atoms with E-state index >= 15 is 0 Å². The zero-order valence-corrected chi connectivity index (χ0v) is 11.6. The first kappa shape index (κ1) is 12.6. The van der Waals surface area contributed by atoms with Crippen molar-refractivity contribution in [2.75, 3.05) is 7.05 Å². The van der Waals surface area contributed by atoms with Crippen LogP contribution in [0.25, 0.3) is 0 Å². The number of halogens is 2. The highest BCUT2D eigenvalue weighted by Gasteiger charge is 2.14. The molecule has 1 unspecified atom stereocenters. The lowest BCUT2D eigenvalue weighted by Crippen LogP contribution is -2.19. The smallest absolute Gasteiger partial charge is 0.123 e. The molecule has 0 aliphatic carbocycles. The molecule has 0 aliphatic heterocycles. The topological polar surface area (TPSA) is 37.8 Å². The maximum absolute atomic E-state index is 13.2. The van der Waals surface area contributed by atoms with Crippen LogP contribution in [0.5, 0.6) is 0 Å². The lowest BCUT2D eigenvalue weighted by molar-refractivity contribution is 0.568. The van der Waals surface area contributed by atoms with Gasteiger partial charge in [0, 0.05) is 9.85 Å². The summed E-state index contributed by atoms with van der Waals surface area (Å²) in [5.74, 6) is -0.227. The van der Waals surface area contributed by atoms with Crippen molar-refractivity contribution in [3.8, 4) is 0 Å². The second kappa shape index (κ2) is 5.66. The Kier molecular flexibility index (Phi) is 4.20. The van der Waals surface area contributed by atoms with E-state index in [1.54, 1.807) is 6.07 Å². The fourth-order valence-electron chi connectivity index (χ4n) is 1.60. The second-order valence-corrected chi connectivity index (χ2v) is 5.08. The van der Waals surface area contributed by atoms with Crippen molar-refractivity contribution >= 4 is 27.5 Å². The minimum absolute atomic E-state index is 0.0480. The molecule has 2 rings (SSSR count). The van der Waals surface area contributed by atoms with E-state index in [0.717, 1.165) is 15.7 Å². The summed E-state index contributed by atoms with van der Waals surface area (Å²) in [5, 5.41) is 9.09. The van der Waals surface area contributed by atoms with Crippen LogP contribution in [-0.2, 0) is 6.42 Å². The fraction of sp³-hybridized carbons (Fsp3) is 0.273. The summed E-state index contributed by atoms with van der Waals surface area (Å²) >= 11 is 4.74. The lowest BCUT2D eigenvalue weighted by atomic mass is 10.0. The molecular weight excluding hydrogens is 305 g/mol. The predicted molar refractivity (Wildman–Crippen MR) is 69.5 cm³/mol. The van der Waals surface area contributed by atoms with Gasteiger partial charge >= 0.3 is 0 Å². The van der Waals surface area contributed by atoms with Gasteiger partial charge in [0.15, 0.2) is 0 Å². The van der Waals surface area contributed by atoms with Gasteiger partial charge in [-0.25, -0.2) is 4.39 Å². The van der Waals surface area contributed by atoms with Crippen LogP contribution in [0.1, 0.15) is 17.3 Å². The van der Waals surface area contributed by atoms with Crippen LogP contribution in [0.15, 0.2) is 28.1 Å². The third-order valence-corrected chi connectivity index (χ3v) is 3.81. The molecule has 1 aromatic heterocycles. The first-order chi connectivity index (χ1) is 8.20. The summed E-state index contributed by atoms with van der Waals surface area (Å²) < 4.78 is 17.9. The molecule has 0 aliphatic rings. The van der Waals surface area contributed by atoms with Crippen LogP contribution in [0.2, 0.25) is 0 Å². The number of nitrogens with zero attached hydrogens (tertiary/aromatic N) is 2. The Balaban J connectivity index is 2.21. The lowest BCUT2D eigenvalue weighted by Gasteiger charge is -2.14. The molecule has 90 valence electrons. The zero-order valence-electron chi connectivity index (χ0n) is 9.15. The van der Waals surface area contributed by atoms with Crippen molar-refractivity contribution < 1.29 is 4.39 Å². The molecule has 0 saturated carbocycles. The van der Waals surface area contributed by atoms with Gasteiger partial charge < -0.3 is 5.32 Å². The van der Waals surface area contributed by atoms with E-state index < -0.39 is 0 Å². The third kappa shape index (κ3) is 3.08. The number of hydrogen-bond donors (Lipinski definition) is 1. The van der Waals surface area contributed by atoms with Crippen LogP contribution < -0.4 is 5.32 Å². The van der Waals surface area contributed by atoms with Crippen LogP contribution in [0, 0.1) is 5.82 Å². The zero-order chi connectivity index (χ0) is 12.3. The number of likely N-dealkylation sites (N-methyl/N-ethyl adjacent to an activating group) is 1. The molecule has 1 atom stereocenters. The van der Waals surface area contributed by atoms with Crippen LogP contribution in [-0.4, -0.2) is 16.6 Å². The Morgan fingerprint density at radius 1 is 1.53 bits per heavy atom. The Morgan fingerprint density at radius 2 is 2.35 bits per heavy atom. The van der Waals surface area contributed by atoms with Gasteiger partial charge in [-0.3, -0.25) is 0 Å². The molecular formula is C11H11BrFN3S. The van der Waals surface area contributed by atoms with Gasteiger partial charge in [-0.2, -0.15) is 0 Å². The Labute approximate surface area is 111 Å². The maximum atomic E-state index is 13.2. The Bertz CT molecular complexity index is 489. The van der Waals surface area contributed by atoms with E-state index in [4.69, 9.17) is 0 Å². The van der Waals surface area contributed by atoms with Crippen molar-refractivity contribution in [1.29, 1.82) is 0 Å². The molecule has 2 aromatic rings. The Morgan fingerprint density at radius 3 is 3.00 bits per heavy atom. The van der Waals surface area contributed by atoms with E-state index in [0.29, 0.717) is 6.42 Å². The SMILES string of the molecule is CNC(Cc1cc(F)ccc1Br)c1csnn1. The van der Waals surface area contributed by atoms with Crippen LogP contribution in [0.3, 0.4) is 0 Å². The average Bonchev–Trinajstić information content (AvgIpc) is 2.84. The van der Waals surface area contributed by atoms with E-state index in [1.807, 2.05) is 12.4 Å². The van der Waals surface area contributed by atoms with Gasteiger partial charge in [0.2, 0.25) is 0 Å². The average molecular weight is 316 g/mol. The summed E-state index contributed by atoms with van der Waals surface area (Å²) in [5.41, 5.74) is 1.80. The molecule has 0 spiro atoms. The molecule has 0 saturated heterocycles. The van der Waals surface area contributed by atoms with E-state index in [2.05, 4.69) is 30.8 Å². The van der Waals surface area contributed by atoms with E-state index in [9.17, 15) is 4.39 Å². The van der Waals surface area contributed by atoms with E-state index in [-0.39, 0.29) is 11.9 Å². The molecule has 6 heteroatoms. The van der Waals surface area contributed by atoms with Gasteiger partial charge in [0.25, 0.3) is 0 Å². The van der Waals surface area contributed by atoms with Gasteiger partial charge in [-0.1, -0.05) is 20.4 Å². The molecule has 0 bridgehead atoms. The molecule has 1 heterocycles. The van der Waals surface area contributed by atoms with Crippen LogP contribution in [0.4, 0.5) is 4.39 Å². The molecule has 0 radical (unpaired) electrons. The van der Waals surface area contributed by atoms with Gasteiger partial charge in [0.05, 0.1) is 11.7 Å². The summed E-state index contributed by atoms with van der Waals surface area (Å²) in [6.07, 6.45) is 0.667. The predicted octanol–water partition coefficient (Wildman–Crippen LogP) is 2.94. The molecule has 1 aromatic carbocycles. The molecule has 3 nitrogen and oxygen atoms in total. The van der Waals surface area contributed by atoms with Crippen molar-refractivity contribution in [1.82, 2.24) is 14.9 Å². The van der Waals surface area contributed by atoms with Crippen molar-refractivity contribution in [2.45, 2.75) is 12.5 Å². The minimum atomic E-state index is -0.227. The quantitative estimate of drug-likeness (QED) is 0.942. The van der Waals surface area contributed by atoms with Crippen molar-refractivity contribution in [3.63, 3.8) is 0 Å². The van der Waals surface area contributed by atoms with E-state index in [1.165, 1.54) is 23.7 Å². The highest BCUT2D eigenvalue weighted by atomic mass is 79.9. The summed E-state index contributed by atoms with van der Waals surface area (Å²) in [4.78, 5) is 0. The first-order valence-corrected chi connectivity index (χ1v) is 6.72. The third-order valence-electron chi connectivity index (χ3n) is 2.51. The van der Waals surface area contributed by atoms with Gasteiger partial charge in [0.1, 0.15) is 5.82 Å². The second-order valence-electron chi connectivity index (χ2n) is 3.61. The Hall–Kier alpha value is -0.850. The van der Waals surface area contributed by atoms with Gasteiger partial charge in [-0.05, 0) is 48.8 Å². The fourth-order valence-corrected chi connectivity index (χ4v) is 2.51. The number of benzene rings is 1. The number of hydrogen-bond acceptors (Lipinski definition) is 4.